The lowest BCUT2D eigenvalue weighted by Gasteiger charge is -2.19. The molecule has 2 aromatic rings. The Bertz CT molecular complexity index is 841. The Balaban J connectivity index is 1.90. The standard InChI is InChI=1S/C20H23F3N4O2/c1-14(28)25-15-9-10-18(17(13-15)20(21,22)23)26-19(29)24-11-6-12-27(2)16-7-4-3-5-8-16/h3-5,7-10,13H,6,11-12H2,1-2H3,(H,25,28)(H2,24,26,29). The van der Waals surface area contributed by atoms with Gasteiger partial charge in [-0.3, -0.25) is 4.79 Å². The molecule has 6 nitrogen and oxygen atoms in total. The molecule has 0 fully saturated rings. The minimum absolute atomic E-state index is 0.000248. The van der Waals surface area contributed by atoms with Crippen LogP contribution in [0.25, 0.3) is 0 Å². The number of para-hydroxylation sites is 1. The molecule has 2 rings (SSSR count). The Labute approximate surface area is 167 Å². The van der Waals surface area contributed by atoms with Crippen LogP contribution in [0.4, 0.5) is 35.0 Å². The number of urea groups is 1. The molecule has 0 heterocycles. The van der Waals surface area contributed by atoms with Gasteiger partial charge in [0.1, 0.15) is 0 Å². The molecule has 0 unspecified atom stereocenters. The van der Waals surface area contributed by atoms with Crippen molar-refractivity contribution >= 4 is 29.0 Å². The predicted octanol–water partition coefficient (Wildman–Crippen LogP) is 4.31. The van der Waals surface area contributed by atoms with Crippen molar-refractivity contribution in [2.75, 3.05) is 35.7 Å². The molecule has 9 heteroatoms. The molecule has 3 N–H and O–H groups in total. The fourth-order valence-corrected chi connectivity index (χ4v) is 2.67. The highest BCUT2D eigenvalue weighted by molar-refractivity contribution is 5.92. The molecule has 0 saturated heterocycles. The van der Waals surface area contributed by atoms with Gasteiger partial charge in [-0.25, -0.2) is 4.79 Å². The van der Waals surface area contributed by atoms with Crippen LogP contribution < -0.4 is 20.9 Å². The van der Waals surface area contributed by atoms with Crippen molar-refractivity contribution in [3.05, 3.63) is 54.1 Å². The van der Waals surface area contributed by atoms with E-state index in [4.69, 9.17) is 0 Å². The molecular weight excluding hydrogens is 385 g/mol. The van der Waals surface area contributed by atoms with E-state index < -0.39 is 23.7 Å². The zero-order chi connectivity index (χ0) is 21.4. The normalized spacial score (nSPS) is 10.9. The summed E-state index contributed by atoms with van der Waals surface area (Å²) in [6, 6.07) is 12.1. The monoisotopic (exact) mass is 408 g/mol. The van der Waals surface area contributed by atoms with E-state index in [9.17, 15) is 22.8 Å². The van der Waals surface area contributed by atoms with Gasteiger partial charge in [0.05, 0.1) is 11.3 Å². The lowest BCUT2D eigenvalue weighted by molar-refractivity contribution is -0.137. The van der Waals surface area contributed by atoms with Crippen LogP contribution in [0.3, 0.4) is 0 Å². The maximum atomic E-state index is 13.3. The summed E-state index contributed by atoms with van der Waals surface area (Å²) in [7, 11) is 1.92. The first kappa shape index (κ1) is 22.1. The smallest absolute Gasteiger partial charge is 0.375 e. The third-order valence-electron chi connectivity index (χ3n) is 4.05. The summed E-state index contributed by atoms with van der Waals surface area (Å²) in [6.07, 6.45) is -4.07. The summed E-state index contributed by atoms with van der Waals surface area (Å²) >= 11 is 0. The summed E-state index contributed by atoms with van der Waals surface area (Å²) in [4.78, 5) is 25.1. The number of hydrogen-bond acceptors (Lipinski definition) is 3. The van der Waals surface area contributed by atoms with Crippen LogP contribution in [0.5, 0.6) is 0 Å². The zero-order valence-electron chi connectivity index (χ0n) is 16.1. The minimum Gasteiger partial charge on any atom is -0.375 e. The first-order valence-electron chi connectivity index (χ1n) is 8.96. The van der Waals surface area contributed by atoms with E-state index in [0.717, 1.165) is 17.8 Å². The number of amides is 3. The van der Waals surface area contributed by atoms with Gasteiger partial charge in [-0.05, 0) is 36.8 Å². The van der Waals surface area contributed by atoms with E-state index in [-0.39, 0.29) is 11.4 Å². The van der Waals surface area contributed by atoms with Gasteiger partial charge in [0, 0.05) is 38.4 Å². The summed E-state index contributed by atoms with van der Waals surface area (Å²) < 4.78 is 39.8. The van der Waals surface area contributed by atoms with Crippen LogP contribution in [-0.2, 0) is 11.0 Å². The van der Waals surface area contributed by atoms with Crippen molar-refractivity contribution in [1.82, 2.24) is 5.32 Å². The molecule has 3 amide bonds. The number of carbonyl (C=O) groups excluding carboxylic acids is 2. The van der Waals surface area contributed by atoms with Gasteiger partial charge < -0.3 is 20.9 Å². The maximum absolute atomic E-state index is 13.3. The molecule has 29 heavy (non-hydrogen) atoms. The summed E-state index contributed by atoms with van der Waals surface area (Å²) in [6.45, 7) is 2.17. The second-order valence-corrected chi connectivity index (χ2v) is 6.43. The number of anilines is 3. The van der Waals surface area contributed by atoms with Gasteiger partial charge in [-0.2, -0.15) is 13.2 Å². The average Bonchev–Trinajstić information content (AvgIpc) is 2.65. The molecule has 0 radical (unpaired) electrons. The van der Waals surface area contributed by atoms with Gasteiger partial charge in [0.15, 0.2) is 0 Å². The van der Waals surface area contributed by atoms with E-state index in [2.05, 4.69) is 16.0 Å². The van der Waals surface area contributed by atoms with Gasteiger partial charge in [-0.1, -0.05) is 18.2 Å². The first-order valence-corrected chi connectivity index (χ1v) is 8.96. The SMILES string of the molecule is CC(=O)Nc1ccc(NC(=O)NCCCN(C)c2ccccc2)c(C(F)(F)F)c1. The molecule has 0 aliphatic rings. The molecule has 0 aliphatic carbocycles. The molecule has 2 aromatic carbocycles. The Kier molecular flexibility index (Phi) is 7.46. The predicted molar refractivity (Wildman–Crippen MR) is 107 cm³/mol. The van der Waals surface area contributed by atoms with Crippen LogP contribution in [0.2, 0.25) is 0 Å². The third-order valence-corrected chi connectivity index (χ3v) is 4.05. The largest absolute Gasteiger partial charge is 0.418 e. The molecular formula is C20H23F3N4O2. The van der Waals surface area contributed by atoms with Crippen LogP contribution >= 0.6 is 0 Å². The fraction of sp³-hybridized carbons (Fsp3) is 0.300. The lowest BCUT2D eigenvalue weighted by atomic mass is 10.1. The Hall–Kier alpha value is -3.23. The number of hydrogen-bond donors (Lipinski definition) is 3. The number of halogens is 3. The van der Waals surface area contributed by atoms with Crippen molar-refractivity contribution in [2.24, 2.45) is 0 Å². The highest BCUT2D eigenvalue weighted by atomic mass is 19.4. The quantitative estimate of drug-likeness (QED) is 0.598. The van der Waals surface area contributed by atoms with E-state index in [1.54, 1.807) is 0 Å². The third kappa shape index (κ3) is 7.02. The van der Waals surface area contributed by atoms with Crippen molar-refractivity contribution in [2.45, 2.75) is 19.5 Å². The Morgan fingerprint density at radius 3 is 2.34 bits per heavy atom. The maximum Gasteiger partial charge on any atom is 0.418 e. The molecule has 0 bridgehead atoms. The van der Waals surface area contributed by atoms with Crippen molar-refractivity contribution in [1.29, 1.82) is 0 Å². The molecule has 0 aromatic heterocycles. The highest BCUT2D eigenvalue weighted by Gasteiger charge is 2.34. The number of carbonyl (C=O) groups is 2. The first-order chi connectivity index (χ1) is 13.7. The van der Waals surface area contributed by atoms with Crippen LogP contribution in [0, 0.1) is 0 Å². The second-order valence-electron chi connectivity index (χ2n) is 6.43. The molecule has 0 atom stereocenters. The lowest BCUT2D eigenvalue weighted by Crippen LogP contribution is -2.32. The Morgan fingerprint density at radius 2 is 1.72 bits per heavy atom. The van der Waals surface area contributed by atoms with Gasteiger partial charge >= 0.3 is 12.2 Å². The number of nitrogens with zero attached hydrogens (tertiary/aromatic N) is 1. The van der Waals surface area contributed by atoms with Crippen molar-refractivity contribution in [3.63, 3.8) is 0 Å². The highest BCUT2D eigenvalue weighted by Crippen LogP contribution is 2.36. The van der Waals surface area contributed by atoms with Gasteiger partial charge in [-0.15, -0.1) is 0 Å². The number of alkyl halides is 3. The van der Waals surface area contributed by atoms with Crippen LogP contribution in [0.15, 0.2) is 48.5 Å². The Morgan fingerprint density at radius 1 is 1.03 bits per heavy atom. The average molecular weight is 408 g/mol. The topological polar surface area (TPSA) is 73.5 Å². The second kappa shape index (κ2) is 9.81. The van der Waals surface area contributed by atoms with Crippen LogP contribution in [-0.4, -0.2) is 32.1 Å². The zero-order valence-corrected chi connectivity index (χ0v) is 16.1. The summed E-state index contributed by atoms with van der Waals surface area (Å²) in [5, 5.41) is 7.06. The van der Waals surface area contributed by atoms with Crippen molar-refractivity contribution in [3.8, 4) is 0 Å². The summed E-state index contributed by atoms with van der Waals surface area (Å²) in [5.74, 6) is -0.489. The number of nitrogens with one attached hydrogen (secondary N) is 3. The van der Waals surface area contributed by atoms with Gasteiger partial charge in [0.25, 0.3) is 0 Å². The van der Waals surface area contributed by atoms with Gasteiger partial charge in [0.2, 0.25) is 5.91 Å². The van der Waals surface area contributed by atoms with E-state index in [1.807, 2.05) is 42.3 Å². The minimum atomic E-state index is -4.69. The molecule has 156 valence electrons. The molecule has 0 saturated carbocycles. The summed E-state index contributed by atoms with van der Waals surface area (Å²) in [5.41, 5.74) is -0.390. The number of benzene rings is 2. The van der Waals surface area contributed by atoms with Crippen LogP contribution in [0.1, 0.15) is 18.9 Å². The van der Waals surface area contributed by atoms with E-state index in [1.165, 1.54) is 13.0 Å². The molecule has 0 spiro atoms. The fourth-order valence-electron chi connectivity index (χ4n) is 2.67. The molecule has 0 aliphatic heterocycles. The van der Waals surface area contributed by atoms with E-state index in [0.29, 0.717) is 19.5 Å². The van der Waals surface area contributed by atoms with Crippen molar-refractivity contribution < 1.29 is 22.8 Å². The number of rotatable bonds is 7. The van der Waals surface area contributed by atoms with E-state index >= 15 is 0 Å².